The number of carbonyl (C=O) groups excluding carboxylic acids is 1. The second-order valence-corrected chi connectivity index (χ2v) is 5.71. The number of pyridine rings is 1. The van der Waals surface area contributed by atoms with Crippen molar-refractivity contribution < 1.29 is 9.72 Å². The largest absolute Gasteiger partial charge is 0.294 e. The molecule has 0 amide bonds. The van der Waals surface area contributed by atoms with E-state index in [0.29, 0.717) is 14.1 Å². The lowest BCUT2D eigenvalue weighted by Crippen LogP contribution is -1.88. The minimum absolute atomic E-state index is 0.0409. The average molecular weight is 280 g/mol. The van der Waals surface area contributed by atoms with Crippen molar-refractivity contribution >= 4 is 34.6 Å². The van der Waals surface area contributed by atoms with Gasteiger partial charge in [0.05, 0.1) is 9.80 Å². The maximum atomic E-state index is 11.2. The number of aromatic nitrogens is 1. The van der Waals surface area contributed by atoms with Crippen molar-refractivity contribution in [3.05, 3.63) is 45.5 Å². The number of hydrogen-bond donors (Lipinski definition) is 0. The fraction of sp³-hybridized carbons (Fsp3) is 0.0909. The maximum absolute atomic E-state index is 11.2. The molecule has 0 aliphatic heterocycles. The Morgan fingerprint density at radius 1 is 1.50 bits per heavy atom. The molecule has 0 fully saturated rings. The van der Waals surface area contributed by atoms with Gasteiger partial charge in [0, 0.05) is 12.3 Å². The van der Waals surface area contributed by atoms with E-state index in [1.54, 1.807) is 24.4 Å². The number of thiophene rings is 1. The second kappa shape index (κ2) is 5.28. The minimum atomic E-state index is -0.478. The molecule has 0 aromatic carbocycles. The molecule has 2 aromatic rings. The molecule has 2 rings (SSSR count). The van der Waals surface area contributed by atoms with Crippen LogP contribution in [0.1, 0.15) is 16.6 Å². The van der Waals surface area contributed by atoms with Crippen molar-refractivity contribution in [2.75, 3.05) is 0 Å². The van der Waals surface area contributed by atoms with Gasteiger partial charge in [-0.25, -0.2) is 4.98 Å². The predicted octanol–water partition coefficient (Wildman–Crippen LogP) is 3.41. The Morgan fingerprint density at radius 3 is 2.83 bits per heavy atom. The molecule has 0 unspecified atom stereocenters. The summed E-state index contributed by atoms with van der Waals surface area (Å²) >= 11 is 2.32. The van der Waals surface area contributed by atoms with Gasteiger partial charge in [-0.1, -0.05) is 17.8 Å². The Kier molecular flexibility index (Phi) is 3.73. The van der Waals surface area contributed by atoms with E-state index in [1.807, 2.05) is 0 Å². The van der Waals surface area contributed by atoms with Crippen LogP contribution in [0.15, 0.2) is 39.7 Å². The van der Waals surface area contributed by atoms with Crippen molar-refractivity contribution in [1.29, 1.82) is 0 Å². The second-order valence-electron chi connectivity index (χ2n) is 3.37. The van der Waals surface area contributed by atoms with E-state index < -0.39 is 4.92 Å². The Bertz CT molecular complexity index is 596. The summed E-state index contributed by atoms with van der Waals surface area (Å²) in [4.78, 5) is 26.2. The van der Waals surface area contributed by atoms with Gasteiger partial charge in [-0.15, -0.1) is 11.3 Å². The molecule has 5 nitrogen and oxygen atoms in total. The van der Waals surface area contributed by atoms with Gasteiger partial charge < -0.3 is 0 Å². The fourth-order valence-electron chi connectivity index (χ4n) is 1.24. The molecule has 2 heterocycles. The highest BCUT2D eigenvalue weighted by Gasteiger charge is 2.21. The van der Waals surface area contributed by atoms with Crippen LogP contribution >= 0.6 is 23.1 Å². The molecule has 0 atom stereocenters. The van der Waals surface area contributed by atoms with Gasteiger partial charge in [0.1, 0.15) is 9.24 Å². The topological polar surface area (TPSA) is 73.1 Å². The molecular formula is C11H8N2O3S2. The van der Waals surface area contributed by atoms with Crippen LogP contribution in [0.4, 0.5) is 5.69 Å². The van der Waals surface area contributed by atoms with Crippen molar-refractivity contribution in [1.82, 2.24) is 4.98 Å². The number of ketones is 1. The Morgan fingerprint density at radius 2 is 2.28 bits per heavy atom. The van der Waals surface area contributed by atoms with Crippen LogP contribution in [-0.2, 0) is 0 Å². The predicted molar refractivity (Wildman–Crippen MR) is 69.3 cm³/mol. The molecule has 0 aliphatic carbocycles. The molecule has 92 valence electrons. The summed E-state index contributed by atoms with van der Waals surface area (Å²) < 4.78 is 0.476. The summed E-state index contributed by atoms with van der Waals surface area (Å²) in [6.45, 7) is 1.39. The summed E-state index contributed by atoms with van der Waals surface area (Å²) in [7, 11) is 0. The molecule has 0 N–H and O–H groups in total. The van der Waals surface area contributed by atoms with Crippen LogP contribution in [-0.4, -0.2) is 15.7 Å². The lowest BCUT2D eigenvalue weighted by molar-refractivity contribution is -0.387. The molecule has 0 spiro atoms. The van der Waals surface area contributed by atoms with Crippen LogP contribution < -0.4 is 0 Å². The Labute approximate surface area is 111 Å². The van der Waals surface area contributed by atoms with Crippen molar-refractivity contribution in [2.45, 2.75) is 16.2 Å². The highest BCUT2D eigenvalue weighted by molar-refractivity contribution is 8.01. The Balaban J connectivity index is 2.37. The molecule has 18 heavy (non-hydrogen) atoms. The minimum Gasteiger partial charge on any atom is -0.294 e. The molecule has 0 radical (unpaired) electrons. The van der Waals surface area contributed by atoms with Crippen LogP contribution in [0.5, 0.6) is 0 Å². The third-order valence-electron chi connectivity index (χ3n) is 2.06. The fourth-order valence-corrected chi connectivity index (χ4v) is 3.37. The van der Waals surface area contributed by atoms with Crippen molar-refractivity contribution in [2.24, 2.45) is 0 Å². The SMILES string of the molecule is CC(=O)c1cc([N+](=O)[O-])c(Sc2ccccn2)s1. The standard InChI is InChI=1S/C11H8N2O3S2/c1-7(14)9-6-8(13(15)16)11(17-9)18-10-4-2-3-5-12-10/h2-6H,1H3. The smallest absolute Gasteiger partial charge is 0.294 e. The highest BCUT2D eigenvalue weighted by Crippen LogP contribution is 2.40. The number of Topliss-reactive ketones (excluding diaryl/α,β-unsaturated/α-hetero) is 1. The van der Waals surface area contributed by atoms with E-state index in [0.717, 1.165) is 11.3 Å². The Hall–Kier alpha value is -1.73. The number of nitrogens with zero attached hydrogens (tertiary/aromatic N) is 2. The van der Waals surface area contributed by atoms with E-state index in [9.17, 15) is 14.9 Å². The van der Waals surface area contributed by atoms with Gasteiger partial charge in [0.2, 0.25) is 0 Å². The normalized spacial score (nSPS) is 10.3. The molecular weight excluding hydrogens is 272 g/mol. The molecule has 7 heteroatoms. The quantitative estimate of drug-likeness (QED) is 0.487. The number of hydrogen-bond acceptors (Lipinski definition) is 6. The van der Waals surface area contributed by atoms with Crippen molar-refractivity contribution in [3.63, 3.8) is 0 Å². The van der Waals surface area contributed by atoms with Gasteiger partial charge in [-0.3, -0.25) is 14.9 Å². The summed E-state index contributed by atoms with van der Waals surface area (Å²) in [5, 5.41) is 11.6. The number of nitro groups is 1. The monoisotopic (exact) mass is 280 g/mol. The summed E-state index contributed by atoms with van der Waals surface area (Å²) in [6, 6.07) is 6.66. The van der Waals surface area contributed by atoms with Crippen molar-refractivity contribution in [3.8, 4) is 0 Å². The zero-order valence-corrected chi connectivity index (χ0v) is 11.0. The lowest BCUT2D eigenvalue weighted by atomic mass is 10.3. The maximum Gasteiger partial charge on any atom is 0.294 e. The number of carbonyl (C=O) groups is 1. The first-order valence-corrected chi connectivity index (χ1v) is 6.59. The van der Waals surface area contributed by atoms with Crippen LogP contribution in [0.2, 0.25) is 0 Å². The van der Waals surface area contributed by atoms with Crippen LogP contribution in [0, 0.1) is 10.1 Å². The molecule has 2 aromatic heterocycles. The molecule has 0 saturated carbocycles. The summed E-state index contributed by atoms with van der Waals surface area (Å²) in [6.07, 6.45) is 1.62. The molecule has 0 aliphatic rings. The van der Waals surface area contributed by atoms with E-state index in [4.69, 9.17) is 0 Å². The zero-order valence-electron chi connectivity index (χ0n) is 9.32. The zero-order chi connectivity index (χ0) is 13.1. The highest BCUT2D eigenvalue weighted by atomic mass is 32.2. The first kappa shape index (κ1) is 12.7. The van der Waals surface area contributed by atoms with E-state index >= 15 is 0 Å². The van der Waals surface area contributed by atoms with Crippen LogP contribution in [0.25, 0.3) is 0 Å². The van der Waals surface area contributed by atoms with E-state index in [-0.39, 0.29) is 11.5 Å². The summed E-state index contributed by atoms with van der Waals surface area (Å²) in [5.41, 5.74) is -0.0409. The third kappa shape index (κ3) is 2.74. The number of rotatable bonds is 4. The lowest BCUT2D eigenvalue weighted by Gasteiger charge is -1.96. The molecule has 0 saturated heterocycles. The van der Waals surface area contributed by atoms with Gasteiger partial charge >= 0.3 is 0 Å². The first-order chi connectivity index (χ1) is 8.58. The van der Waals surface area contributed by atoms with Gasteiger partial charge in [-0.05, 0) is 19.1 Å². The van der Waals surface area contributed by atoms with E-state index in [1.165, 1.54) is 24.8 Å². The van der Waals surface area contributed by atoms with E-state index in [2.05, 4.69) is 4.98 Å². The van der Waals surface area contributed by atoms with Crippen LogP contribution in [0.3, 0.4) is 0 Å². The van der Waals surface area contributed by atoms with Gasteiger partial charge in [0.25, 0.3) is 5.69 Å². The molecule has 0 bridgehead atoms. The first-order valence-electron chi connectivity index (χ1n) is 4.96. The third-order valence-corrected chi connectivity index (χ3v) is 4.42. The van der Waals surface area contributed by atoms with Gasteiger partial charge in [0.15, 0.2) is 5.78 Å². The van der Waals surface area contributed by atoms with Gasteiger partial charge in [-0.2, -0.15) is 0 Å². The average Bonchev–Trinajstić information content (AvgIpc) is 2.74. The summed E-state index contributed by atoms with van der Waals surface area (Å²) in [5.74, 6) is -0.170.